The fourth-order valence-corrected chi connectivity index (χ4v) is 3.59. The third-order valence-corrected chi connectivity index (χ3v) is 4.74. The lowest BCUT2D eigenvalue weighted by Crippen LogP contribution is -2.27. The average Bonchev–Trinajstić information content (AvgIpc) is 3.07. The number of hydrogen-bond donors (Lipinski definition) is 1. The summed E-state index contributed by atoms with van der Waals surface area (Å²) in [7, 11) is 0. The number of benzene rings is 1. The highest BCUT2D eigenvalue weighted by atomic mass is 19.1. The van der Waals surface area contributed by atoms with Crippen LogP contribution in [0.4, 0.5) is 4.39 Å². The maximum atomic E-state index is 13.4. The third-order valence-electron chi connectivity index (χ3n) is 4.74. The topological polar surface area (TPSA) is 44.5 Å². The molecule has 1 heterocycles. The highest BCUT2D eigenvalue weighted by Gasteiger charge is 2.42. The summed E-state index contributed by atoms with van der Waals surface area (Å²) in [4.78, 5) is 0. The maximum absolute atomic E-state index is 13.4. The van der Waals surface area contributed by atoms with E-state index >= 15 is 0 Å². The van der Waals surface area contributed by atoms with Gasteiger partial charge in [0.15, 0.2) is 0 Å². The van der Waals surface area contributed by atoms with Gasteiger partial charge >= 0.3 is 0 Å². The summed E-state index contributed by atoms with van der Waals surface area (Å²) in [5, 5.41) is 0. The van der Waals surface area contributed by atoms with Crippen LogP contribution in [0.15, 0.2) is 18.2 Å². The van der Waals surface area contributed by atoms with Crippen LogP contribution in [0, 0.1) is 5.82 Å². The summed E-state index contributed by atoms with van der Waals surface area (Å²) >= 11 is 0. The van der Waals surface area contributed by atoms with Crippen LogP contribution < -0.4 is 10.5 Å². The Hall–Kier alpha value is -1.13. The van der Waals surface area contributed by atoms with Gasteiger partial charge < -0.3 is 15.2 Å². The average molecular weight is 293 g/mol. The van der Waals surface area contributed by atoms with Crippen molar-refractivity contribution in [2.45, 2.75) is 63.2 Å². The molecule has 1 saturated carbocycles. The minimum Gasteiger partial charge on any atom is -0.490 e. The van der Waals surface area contributed by atoms with E-state index in [9.17, 15) is 4.39 Å². The molecule has 1 unspecified atom stereocenters. The molecule has 0 aromatic heterocycles. The zero-order valence-corrected chi connectivity index (χ0v) is 12.6. The van der Waals surface area contributed by atoms with Gasteiger partial charge in [0.2, 0.25) is 0 Å². The molecule has 2 fully saturated rings. The molecule has 1 aromatic rings. The number of rotatable bonds is 4. The Morgan fingerprint density at radius 2 is 2.14 bits per heavy atom. The van der Waals surface area contributed by atoms with E-state index in [0.29, 0.717) is 12.4 Å². The van der Waals surface area contributed by atoms with E-state index in [-0.39, 0.29) is 23.6 Å². The fraction of sp³-hybridized carbons (Fsp3) is 0.647. The van der Waals surface area contributed by atoms with E-state index in [0.717, 1.165) is 18.4 Å². The quantitative estimate of drug-likeness (QED) is 0.920. The number of halogens is 1. The molecule has 0 radical (unpaired) electrons. The first-order chi connectivity index (χ1) is 10.1. The van der Waals surface area contributed by atoms with E-state index in [1.807, 2.05) is 6.92 Å². The second-order valence-corrected chi connectivity index (χ2v) is 6.45. The largest absolute Gasteiger partial charge is 0.490 e. The van der Waals surface area contributed by atoms with Crippen LogP contribution in [0.25, 0.3) is 0 Å². The van der Waals surface area contributed by atoms with E-state index in [1.165, 1.54) is 37.8 Å². The smallest absolute Gasteiger partial charge is 0.127 e. The van der Waals surface area contributed by atoms with Crippen molar-refractivity contribution < 1.29 is 13.9 Å². The van der Waals surface area contributed by atoms with Crippen LogP contribution in [0.1, 0.15) is 57.1 Å². The molecule has 0 amide bonds. The van der Waals surface area contributed by atoms with Gasteiger partial charge in [-0.15, -0.1) is 0 Å². The molecule has 1 spiro atoms. The highest BCUT2D eigenvalue weighted by Crippen LogP contribution is 2.43. The summed E-state index contributed by atoms with van der Waals surface area (Å²) in [6.07, 6.45) is 7.17. The van der Waals surface area contributed by atoms with E-state index in [2.05, 4.69) is 0 Å². The number of hydrogen-bond acceptors (Lipinski definition) is 3. The van der Waals surface area contributed by atoms with Gasteiger partial charge in [-0.05, 0) is 38.7 Å². The van der Waals surface area contributed by atoms with Crippen LogP contribution in [-0.4, -0.2) is 18.3 Å². The van der Waals surface area contributed by atoms with Gasteiger partial charge in [0.05, 0.1) is 11.7 Å². The van der Waals surface area contributed by atoms with Gasteiger partial charge in [0.1, 0.15) is 18.2 Å². The zero-order chi connectivity index (χ0) is 14.9. The molecule has 116 valence electrons. The molecule has 1 aromatic carbocycles. The van der Waals surface area contributed by atoms with Crippen molar-refractivity contribution in [2.24, 2.45) is 5.73 Å². The molecule has 1 aliphatic carbocycles. The SMILES string of the molecule is C[C@@H](N)c1ccc(F)cc1OCC1CCC2(CCCC2)O1. The zero-order valence-electron chi connectivity index (χ0n) is 12.6. The second kappa shape index (κ2) is 5.93. The number of nitrogens with two attached hydrogens (primary N) is 1. The highest BCUT2D eigenvalue weighted by molar-refractivity contribution is 5.36. The lowest BCUT2D eigenvalue weighted by Gasteiger charge is -2.24. The molecule has 2 atom stereocenters. The predicted octanol–water partition coefficient (Wildman–Crippen LogP) is 3.72. The van der Waals surface area contributed by atoms with Gasteiger partial charge in [-0.25, -0.2) is 4.39 Å². The van der Waals surface area contributed by atoms with Crippen molar-refractivity contribution in [3.63, 3.8) is 0 Å². The fourth-order valence-electron chi connectivity index (χ4n) is 3.59. The Bertz CT molecular complexity index is 498. The van der Waals surface area contributed by atoms with Crippen molar-refractivity contribution in [3.8, 4) is 5.75 Å². The Labute approximate surface area is 125 Å². The monoisotopic (exact) mass is 293 g/mol. The molecular formula is C17H24FNO2. The molecule has 3 rings (SSSR count). The molecule has 21 heavy (non-hydrogen) atoms. The summed E-state index contributed by atoms with van der Waals surface area (Å²) in [5.41, 5.74) is 6.86. The Kier molecular flexibility index (Phi) is 4.18. The summed E-state index contributed by atoms with van der Waals surface area (Å²) in [6, 6.07) is 4.36. The first-order valence-corrected chi connectivity index (χ1v) is 7.94. The van der Waals surface area contributed by atoms with E-state index < -0.39 is 0 Å². The van der Waals surface area contributed by atoms with Crippen molar-refractivity contribution in [1.82, 2.24) is 0 Å². The van der Waals surface area contributed by atoms with Gasteiger partial charge in [-0.1, -0.05) is 18.9 Å². The lowest BCUT2D eigenvalue weighted by molar-refractivity contribution is -0.0510. The van der Waals surface area contributed by atoms with Crippen molar-refractivity contribution in [1.29, 1.82) is 0 Å². The van der Waals surface area contributed by atoms with Gasteiger partial charge in [-0.2, -0.15) is 0 Å². The summed E-state index contributed by atoms with van der Waals surface area (Å²) < 4.78 is 25.4. The van der Waals surface area contributed by atoms with Crippen LogP contribution in [0.2, 0.25) is 0 Å². The van der Waals surface area contributed by atoms with E-state index in [4.69, 9.17) is 15.2 Å². The van der Waals surface area contributed by atoms with Crippen LogP contribution in [-0.2, 0) is 4.74 Å². The van der Waals surface area contributed by atoms with Crippen LogP contribution in [0.5, 0.6) is 5.75 Å². The Morgan fingerprint density at radius 1 is 1.38 bits per heavy atom. The molecular weight excluding hydrogens is 269 g/mol. The van der Waals surface area contributed by atoms with Gasteiger partial charge in [0.25, 0.3) is 0 Å². The van der Waals surface area contributed by atoms with Gasteiger partial charge in [0, 0.05) is 17.7 Å². The van der Waals surface area contributed by atoms with Gasteiger partial charge in [-0.3, -0.25) is 0 Å². The standard InChI is InChI=1S/C17H24FNO2/c1-12(19)15-5-4-13(18)10-16(15)20-11-14-6-9-17(21-14)7-2-3-8-17/h4-5,10,12,14H,2-3,6-9,11,19H2,1H3/t12-,14?/m1/s1. The Balaban J connectivity index is 1.62. The first-order valence-electron chi connectivity index (χ1n) is 7.94. The molecule has 0 bridgehead atoms. The van der Waals surface area contributed by atoms with Crippen LogP contribution in [0.3, 0.4) is 0 Å². The molecule has 1 aliphatic heterocycles. The third kappa shape index (κ3) is 3.22. The van der Waals surface area contributed by atoms with E-state index in [1.54, 1.807) is 6.07 Å². The van der Waals surface area contributed by atoms with Crippen molar-refractivity contribution in [2.75, 3.05) is 6.61 Å². The minimum atomic E-state index is -0.297. The molecule has 1 saturated heterocycles. The Morgan fingerprint density at radius 3 is 2.86 bits per heavy atom. The van der Waals surface area contributed by atoms with Crippen molar-refractivity contribution in [3.05, 3.63) is 29.6 Å². The second-order valence-electron chi connectivity index (χ2n) is 6.45. The molecule has 2 N–H and O–H groups in total. The van der Waals surface area contributed by atoms with Crippen molar-refractivity contribution >= 4 is 0 Å². The lowest BCUT2D eigenvalue weighted by atomic mass is 9.98. The predicted molar refractivity (Wildman–Crippen MR) is 79.8 cm³/mol. The maximum Gasteiger partial charge on any atom is 0.127 e. The summed E-state index contributed by atoms with van der Waals surface area (Å²) in [5.74, 6) is 0.245. The van der Waals surface area contributed by atoms with Crippen LogP contribution >= 0.6 is 0 Å². The molecule has 3 nitrogen and oxygen atoms in total. The summed E-state index contributed by atoms with van der Waals surface area (Å²) in [6.45, 7) is 2.35. The minimum absolute atomic E-state index is 0.111. The molecule has 2 aliphatic rings. The first kappa shape index (κ1) is 14.8. The normalized spacial score (nSPS) is 25.4. The number of ether oxygens (including phenoxy) is 2. The molecule has 4 heteroatoms.